The standard InChI is InChI=1S/C22H21F3N6O2S/c1-4-17(33-3)18-14(11-27-21-19(18)30-12(2)34-21)9-15(32)7-13-8-16(22(23,24)25)20(26-10-13)31-28-5-6-29-31/h5-6,8,10-11,17H,4,7,9H2,1-3H3. The van der Waals surface area contributed by atoms with Gasteiger partial charge in [0, 0.05) is 37.9 Å². The number of halogens is 3. The number of aryl methyl sites for hydroxylation is 1. The molecule has 0 aliphatic heterocycles. The van der Waals surface area contributed by atoms with Crippen LogP contribution in [0.1, 0.15) is 46.7 Å². The first kappa shape index (κ1) is 23.9. The molecule has 178 valence electrons. The van der Waals surface area contributed by atoms with Crippen molar-refractivity contribution in [1.29, 1.82) is 0 Å². The maximum Gasteiger partial charge on any atom is 0.420 e. The molecule has 4 rings (SSSR count). The summed E-state index contributed by atoms with van der Waals surface area (Å²) in [6, 6.07) is 0.916. The van der Waals surface area contributed by atoms with Gasteiger partial charge in [-0.3, -0.25) is 4.79 Å². The molecule has 0 radical (unpaired) electrons. The molecule has 0 aromatic carbocycles. The number of aromatic nitrogens is 6. The van der Waals surface area contributed by atoms with Crippen molar-refractivity contribution in [3.05, 3.63) is 58.1 Å². The minimum absolute atomic E-state index is 0.0154. The zero-order chi connectivity index (χ0) is 24.5. The van der Waals surface area contributed by atoms with E-state index in [0.29, 0.717) is 17.5 Å². The second-order valence-corrected chi connectivity index (χ2v) is 8.82. The van der Waals surface area contributed by atoms with Crippen molar-refractivity contribution in [3.63, 3.8) is 0 Å². The lowest BCUT2D eigenvalue weighted by atomic mass is 9.96. The van der Waals surface area contributed by atoms with Crippen molar-refractivity contribution in [2.24, 2.45) is 0 Å². The van der Waals surface area contributed by atoms with Crippen LogP contribution in [0, 0.1) is 6.92 Å². The first-order valence-corrected chi connectivity index (χ1v) is 11.2. The molecular weight excluding hydrogens is 469 g/mol. The third-order valence-corrected chi connectivity index (χ3v) is 6.14. The summed E-state index contributed by atoms with van der Waals surface area (Å²) in [5, 5.41) is 8.30. The third-order valence-electron chi connectivity index (χ3n) is 5.26. The zero-order valence-corrected chi connectivity index (χ0v) is 19.4. The number of methoxy groups -OCH3 is 1. The van der Waals surface area contributed by atoms with Gasteiger partial charge in [0.15, 0.2) is 5.82 Å². The minimum atomic E-state index is -4.69. The number of pyridine rings is 2. The molecule has 1 unspecified atom stereocenters. The summed E-state index contributed by atoms with van der Waals surface area (Å²) in [6.45, 7) is 3.84. The Morgan fingerprint density at radius 1 is 1.18 bits per heavy atom. The van der Waals surface area contributed by atoms with Crippen LogP contribution in [0.25, 0.3) is 16.2 Å². The van der Waals surface area contributed by atoms with Gasteiger partial charge < -0.3 is 4.74 Å². The highest BCUT2D eigenvalue weighted by Crippen LogP contribution is 2.34. The molecule has 0 saturated heterocycles. The van der Waals surface area contributed by atoms with Crippen molar-refractivity contribution in [2.45, 2.75) is 45.4 Å². The Morgan fingerprint density at radius 3 is 2.56 bits per heavy atom. The van der Waals surface area contributed by atoms with Crippen LogP contribution in [0.15, 0.2) is 30.9 Å². The topological polar surface area (TPSA) is 95.7 Å². The van der Waals surface area contributed by atoms with E-state index in [1.54, 1.807) is 13.3 Å². The largest absolute Gasteiger partial charge is 0.420 e. The van der Waals surface area contributed by atoms with Crippen LogP contribution in [0.3, 0.4) is 0 Å². The number of ether oxygens (including phenoxy) is 1. The molecule has 0 spiro atoms. The SMILES string of the molecule is CCC(OC)c1c(CC(=O)Cc2cnc(-n3nccn3)c(C(F)(F)F)c2)cnc2sc(C)nc12. The van der Waals surface area contributed by atoms with E-state index in [4.69, 9.17) is 4.74 Å². The lowest BCUT2D eigenvalue weighted by molar-refractivity contribution is -0.138. The van der Waals surface area contributed by atoms with E-state index in [1.165, 1.54) is 29.9 Å². The summed E-state index contributed by atoms with van der Waals surface area (Å²) < 4.78 is 46.6. The second kappa shape index (κ2) is 9.55. The molecular formula is C22H21F3N6O2S. The van der Waals surface area contributed by atoms with Gasteiger partial charge in [0.05, 0.1) is 23.5 Å². The predicted molar refractivity (Wildman–Crippen MR) is 119 cm³/mol. The number of carbonyl (C=O) groups is 1. The van der Waals surface area contributed by atoms with Crippen molar-refractivity contribution < 1.29 is 22.7 Å². The molecule has 0 aliphatic rings. The second-order valence-electron chi connectivity index (χ2n) is 7.64. The van der Waals surface area contributed by atoms with E-state index in [2.05, 4.69) is 25.1 Å². The number of carbonyl (C=O) groups excluding carboxylic acids is 1. The molecule has 0 amide bonds. The first-order chi connectivity index (χ1) is 16.2. The molecule has 4 heterocycles. The van der Waals surface area contributed by atoms with Gasteiger partial charge in [0.25, 0.3) is 0 Å². The van der Waals surface area contributed by atoms with Gasteiger partial charge in [-0.2, -0.15) is 23.4 Å². The summed E-state index contributed by atoms with van der Waals surface area (Å²) in [4.78, 5) is 27.4. The lowest BCUT2D eigenvalue weighted by Gasteiger charge is -2.18. The molecule has 4 aromatic heterocycles. The lowest BCUT2D eigenvalue weighted by Crippen LogP contribution is -2.16. The average molecular weight is 491 g/mol. The smallest absolute Gasteiger partial charge is 0.377 e. The first-order valence-electron chi connectivity index (χ1n) is 10.4. The van der Waals surface area contributed by atoms with Crippen molar-refractivity contribution in [1.82, 2.24) is 29.9 Å². The Hall–Kier alpha value is -3.25. The minimum Gasteiger partial charge on any atom is -0.377 e. The number of nitrogens with zero attached hydrogens (tertiary/aromatic N) is 6. The summed E-state index contributed by atoms with van der Waals surface area (Å²) >= 11 is 1.45. The number of hydrogen-bond donors (Lipinski definition) is 0. The van der Waals surface area contributed by atoms with E-state index >= 15 is 0 Å². The molecule has 8 nitrogen and oxygen atoms in total. The quantitative estimate of drug-likeness (QED) is 0.360. The van der Waals surface area contributed by atoms with E-state index in [1.807, 2.05) is 13.8 Å². The Bertz CT molecular complexity index is 1320. The highest BCUT2D eigenvalue weighted by Gasteiger charge is 2.36. The fourth-order valence-corrected chi connectivity index (χ4v) is 4.59. The number of ketones is 1. The van der Waals surface area contributed by atoms with Gasteiger partial charge in [-0.25, -0.2) is 15.0 Å². The van der Waals surface area contributed by atoms with Gasteiger partial charge in [0.1, 0.15) is 21.7 Å². The van der Waals surface area contributed by atoms with Crippen LogP contribution in [-0.4, -0.2) is 42.8 Å². The Balaban J connectivity index is 1.64. The van der Waals surface area contributed by atoms with Crippen LogP contribution in [0.2, 0.25) is 0 Å². The molecule has 12 heteroatoms. The normalized spacial score (nSPS) is 12.9. The Morgan fingerprint density at radius 2 is 1.91 bits per heavy atom. The highest BCUT2D eigenvalue weighted by molar-refractivity contribution is 7.18. The average Bonchev–Trinajstić information content (AvgIpc) is 3.44. The summed E-state index contributed by atoms with van der Waals surface area (Å²) in [5.74, 6) is -0.726. The Kier molecular flexibility index (Phi) is 6.71. The van der Waals surface area contributed by atoms with Crippen molar-refractivity contribution in [2.75, 3.05) is 7.11 Å². The van der Waals surface area contributed by atoms with Gasteiger partial charge in [-0.05, 0) is 30.5 Å². The number of fused-ring (bicyclic) bond motifs is 1. The zero-order valence-electron chi connectivity index (χ0n) is 18.6. The van der Waals surface area contributed by atoms with E-state index in [-0.39, 0.29) is 30.3 Å². The molecule has 34 heavy (non-hydrogen) atoms. The van der Waals surface area contributed by atoms with Crippen LogP contribution >= 0.6 is 11.3 Å². The third kappa shape index (κ3) is 4.82. The van der Waals surface area contributed by atoms with Crippen LogP contribution in [0.4, 0.5) is 13.2 Å². The Labute approximate surface area is 196 Å². The molecule has 0 aliphatic carbocycles. The summed E-state index contributed by atoms with van der Waals surface area (Å²) in [5.41, 5.74) is 1.27. The fraction of sp³-hybridized carbons (Fsp3) is 0.364. The molecule has 0 bridgehead atoms. The van der Waals surface area contributed by atoms with Gasteiger partial charge in [-0.15, -0.1) is 4.80 Å². The van der Waals surface area contributed by atoms with Crippen molar-refractivity contribution in [3.8, 4) is 5.82 Å². The van der Waals surface area contributed by atoms with Gasteiger partial charge >= 0.3 is 6.18 Å². The fourth-order valence-electron chi connectivity index (χ4n) is 3.82. The predicted octanol–water partition coefficient (Wildman–Crippen LogP) is 4.45. The van der Waals surface area contributed by atoms with E-state index < -0.39 is 17.6 Å². The molecule has 0 fully saturated rings. The van der Waals surface area contributed by atoms with Gasteiger partial charge in [-0.1, -0.05) is 18.3 Å². The highest BCUT2D eigenvalue weighted by atomic mass is 32.1. The number of Topliss-reactive ketones (excluding diaryl/α,β-unsaturated/α-hetero) is 1. The maximum absolute atomic E-state index is 13.7. The van der Waals surface area contributed by atoms with Gasteiger partial charge in [0.2, 0.25) is 0 Å². The molecule has 0 saturated carbocycles. The monoisotopic (exact) mass is 490 g/mol. The van der Waals surface area contributed by atoms with Crippen molar-refractivity contribution >= 4 is 27.5 Å². The summed E-state index contributed by atoms with van der Waals surface area (Å²) in [7, 11) is 1.59. The number of alkyl halides is 3. The van der Waals surface area contributed by atoms with E-state index in [0.717, 1.165) is 26.3 Å². The molecule has 4 aromatic rings. The van der Waals surface area contributed by atoms with Crippen LogP contribution in [0.5, 0.6) is 0 Å². The number of rotatable bonds is 8. The number of thiazole rings is 1. The van der Waals surface area contributed by atoms with Crippen LogP contribution in [-0.2, 0) is 28.5 Å². The van der Waals surface area contributed by atoms with Crippen LogP contribution < -0.4 is 0 Å². The maximum atomic E-state index is 13.7. The number of hydrogen-bond acceptors (Lipinski definition) is 8. The molecule has 0 N–H and O–H groups in total. The molecule has 1 atom stereocenters. The van der Waals surface area contributed by atoms with E-state index in [9.17, 15) is 18.0 Å². The summed E-state index contributed by atoms with van der Waals surface area (Å²) in [6.07, 6.45) is 0.835.